The topological polar surface area (TPSA) is 145 Å². The molecule has 4 N–H and O–H groups in total. The summed E-state index contributed by atoms with van der Waals surface area (Å²) in [5.41, 5.74) is 6.25. The molecule has 1 aliphatic heterocycles. The maximum absolute atomic E-state index is 13.7. The standard InChI is InChI=1S/C21H31N7O4S/c1-16(20(22)29)28(19-9-10-23-24-19)21(30)18(15-17-7-4-3-5-8-17)25-33(31,32)27-12-6-11-26(2)13-14-27/h3-5,7-10,16,18,25H,6,11-15H2,1-2H3,(H2,22,29)(H,23,24)/t16-,18-/m0/s1. The van der Waals surface area contributed by atoms with Gasteiger partial charge < -0.3 is 10.6 Å². The number of aromatic nitrogens is 2. The average molecular weight is 478 g/mol. The summed E-state index contributed by atoms with van der Waals surface area (Å²) >= 11 is 0. The van der Waals surface area contributed by atoms with Crippen molar-refractivity contribution in [1.29, 1.82) is 0 Å². The Morgan fingerprint density at radius 2 is 1.91 bits per heavy atom. The molecule has 0 saturated carbocycles. The van der Waals surface area contributed by atoms with E-state index >= 15 is 0 Å². The minimum Gasteiger partial charge on any atom is -0.368 e. The van der Waals surface area contributed by atoms with Crippen molar-refractivity contribution >= 4 is 27.8 Å². The molecule has 2 atom stereocenters. The minimum atomic E-state index is -3.98. The monoisotopic (exact) mass is 477 g/mol. The first kappa shape index (κ1) is 24.8. The normalized spacial score (nSPS) is 17.8. The van der Waals surface area contributed by atoms with Gasteiger partial charge in [-0.1, -0.05) is 30.3 Å². The fraction of sp³-hybridized carbons (Fsp3) is 0.476. The highest BCUT2D eigenvalue weighted by atomic mass is 32.2. The van der Waals surface area contributed by atoms with Crippen LogP contribution >= 0.6 is 0 Å². The van der Waals surface area contributed by atoms with E-state index in [4.69, 9.17) is 5.73 Å². The van der Waals surface area contributed by atoms with Crippen LogP contribution in [0.2, 0.25) is 0 Å². The van der Waals surface area contributed by atoms with E-state index in [2.05, 4.69) is 19.8 Å². The molecular weight excluding hydrogens is 446 g/mol. The van der Waals surface area contributed by atoms with Crippen molar-refractivity contribution in [3.05, 3.63) is 48.2 Å². The van der Waals surface area contributed by atoms with Gasteiger partial charge in [0.1, 0.15) is 12.1 Å². The first-order valence-corrected chi connectivity index (χ1v) is 12.2. The molecule has 0 unspecified atom stereocenters. The Morgan fingerprint density at radius 3 is 2.55 bits per heavy atom. The maximum atomic E-state index is 13.7. The lowest BCUT2D eigenvalue weighted by Gasteiger charge is -2.31. The van der Waals surface area contributed by atoms with Gasteiger partial charge in [0.05, 0.1) is 0 Å². The van der Waals surface area contributed by atoms with Crippen LogP contribution in [0.5, 0.6) is 0 Å². The third-order valence-corrected chi connectivity index (χ3v) is 7.29. The van der Waals surface area contributed by atoms with E-state index in [-0.39, 0.29) is 12.2 Å². The van der Waals surface area contributed by atoms with Gasteiger partial charge in [0, 0.05) is 31.9 Å². The molecule has 0 bridgehead atoms. The maximum Gasteiger partial charge on any atom is 0.280 e. The van der Waals surface area contributed by atoms with Crippen LogP contribution in [0.25, 0.3) is 0 Å². The average Bonchev–Trinajstić information content (AvgIpc) is 3.20. The first-order chi connectivity index (χ1) is 15.7. The van der Waals surface area contributed by atoms with Crippen molar-refractivity contribution in [3.63, 3.8) is 0 Å². The van der Waals surface area contributed by atoms with Crippen LogP contribution in [0.1, 0.15) is 18.9 Å². The fourth-order valence-corrected chi connectivity index (χ4v) is 5.11. The highest BCUT2D eigenvalue weighted by molar-refractivity contribution is 7.87. The Hall–Kier alpha value is -2.80. The second kappa shape index (κ2) is 10.9. The van der Waals surface area contributed by atoms with Crippen LogP contribution in [0.15, 0.2) is 42.6 Å². The van der Waals surface area contributed by atoms with E-state index in [0.717, 1.165) is 17.0 Å². The third kappa shape index (κ3) is 6.38. The van der Waals surface area contributed by atoms with E-state index in [1.165, 1.54) is 23.5 Å². The van der Waals surface area contributed by atoms with Crippen LogP contribution in [-0.2, 0) is 26.2 Å². The van der Waals surface area contributed by atoms with Gasteiger partial charge >= 0.3 is 0 Å². The molecule has 0 radical (unpaired) electrons. The number of H-pyrrole nitrogens is 1. The van der Waals surface area contributed by atoms with Crippen LogP contribution in [-0.4, -0.2) is 84.9 Å². The van der Waals surface area contributed by atoms with Crippen LogP contribution in [0.4, 0.5) is 5.82 Å². The summed E-state index contributed by atoms with van der Waals surface area (Å²) in [6, 6.07) is 8.41. The number of carbonyl (C=O) groups is 2. The number of nitrogens with zero attached hydrogens (tertiary/aromatic N) is 4. The number of carbonyl (C=O) groups excluding carboxylic acids is 2. The molecule has 11 nitrogen and oxygen atoms in total. The van der Waals surface area contributed by atoms with Crippen molar-refractivity contribution in [2.24, 2.45) is 5.73 Å². The largest absolute Gasteiger partial charge is 0.368 e. The Morgan fingerprint density at radius 1 is 1.18 bits per heavy atom. The van der Waals surface area contributed by atoms with Crippen molar-refractivity contribution in [1.82, 2.24) is 24.1 Å². The molecule has 0 aliphatic carbocycles. The van der Waals surface area contributed by atoms with Gasteiger partial charge in [-0.25, -0.2) is 0 Å². The Bertz CT molecular complexity index is 1030. The number of nitrogens with one attached hydrogen (secondary N) is 2. The van der Waals surface area contributed by atoms with Gasteiger partial charge in [0.25, 0.3) is 10.2 Å². The molecule has 0 spiro atoms. The van der Waals surface area contributed by atoms with Crippen LogP contribution in [0, 0.1) is 0 Å². The quantitative estimate of drug-likeness (QED) is 0.452. The SMILES string of the molecule is C[C@@H](C(N)=O)N(C(=O)[C@H](Cc1ccccc1)NS(=O)(=O)N1CCCN(C)CC1)c1cc[nH]n1. The summed E-state index contributed by atoms with van der Waals surface area (Å²) in [5, 5.41) is 6.63. The lowest BCUT2D eigenvalue weighted by atomic mass is 10.0. The summed E-state index contributed by atoms with van der Waals surface area (Å²) in [5.74, 6) is -1.17. The smallest absolute Gasteiger partial charge is 0.280 e. The summed E-state index contributed by atoms with van der Waals surface area (Å²) in [6.45, 7) is 3.54. The molecular formula is C21H31N7O4S. The molecule has 1 aromatic carbocycles. The Balaban J connectivity index is 1.92. The van der Waals surface area contributed by atoms with Gasteiger partial charge in [0.2, 0.25) is 11.8 Å². The number of rotatable bonds is 9. The molecule has 1 aliphatic rings. The van der Waals surface area contributed by atoms with Gasteiger partial charge in [-0.05, 0) is 38.9 Å². The van der Waals surface area contributed by atoms with Crippen molar-refractivity contribution in [2.75, 3.05) is 38.1 Å². The van der Waals surface area contributed by atoms with E-state index in [9.17, 15) is 18.0 Å². The second-order valence-electron chi connectivity index (χ2n) is 8.14. The summed E-state index contributed by atoms with van der Waals surface area (Å²) in [6.07, 6.45) is 2.29. The molecule has 180 valence electrons. The van der Waals surface area contributed by atoms with Crippen LogP contribution < -0.4 is 15.4 Å². The minimum absolute atomic E-state index is 0.0963. The number of anilines is 1. The summed E-state index contributed by atoms with van der Waals surface area (Å²) < 4.78 is 30.5. The van der Waals surface area contributed by atoms with Gasteiger partial charge in [-0.2, -0.15) is 22.5 Å². The molecule has 2 amide bonds. The van der Waals surface area contributed by atoms with Crippen molar-refractivity contribution in [3.8, 4) is 0 Å². The number of benzene rings is 1. The number of amides is 2. The molecule has 12 heteroatoms. The third-order valence-electron chi connectivity index (χ3n) is 5.66. The molecule has 1 fully saturated rings. The number of aromatic amines is 1. The summed E-state index contributed by atoms with van der Waals surface area (Å²) in [7, 11) is -2.04. The van der Waals surface area contributed by atoms with Gasteiger partial charge in [0.15, 0.2) is 5.82 Å². The highest BCUT2D eigenvalue weighted by Crippen LogP contribution is 2.18. The van der Waals surface area contributed by atoms with E-state index in [0.29, 0.717) is 26.1 Å². The molecule has 1 aromatic heterocycles. The first-order valence-electron chi connectivity index (χ1n) is 10.8. The van der Waals surface area contributed by atoms with E-state index < -0.39 is 34.1 Å². The molecule has 33 heavy (non-hydrogen) atoms. The highest BCUT2D eigenvalue weighted by Gasteiger charge is 2.36. The van der Waals surface area contributed by atoms with Crippen molar-refractivity contribution in [2.45, 2.75) is 31.8 Å². The van der Waals surface area contributed by atoms with Gasteiger partial charge in [-0.3, -0.25) is 19.6 Å². The number of likely N-dealkylation sites (N-methyl/N-ethyl adjacent to an activating group) is 1. The number of hydrogen-bond acceptors (Lipinski definition) is 6. The van der Waals surface area contributed by atoms with E-state index in [1.54, 1.807) is 0 Å². The lowest BCUT2D eigenvalue weighted by Crippen LogP contribution is -2.57. The zero-order valence-corrected chi connectivity index (χ0v) is 19.7. The van der Waals surface area contributed by atoms with Gasteiger partial charge in [-0.15, -0.1) is 0 Å². The number of hydrogen-bond donors (Lipinski definition) is 3. The molecule has 1 saturated heterocycles. The molecule has 2 aromatic rings. The predicted octanol–water partition coefficient (Wildman–Crippen LogP) is -0.300. The van der Waals surface area contributed by atoms with Crippen LogP contribution in [0.3, 0.4) is 0 Å². The van der Waals surface area contributed by atoms with Crippen molar-refractivity contribution < 1.29 is 18.0 Å². The number of primary amides is 1. The Kier molecular flexibility index (Phi) is 8.19. The Labute approximate surface area is 194 Å². The zero-order chi connectivity index (χ0) is 24.0. The molecule has 3 rings (SSSR count). The fourth-order valence-electron chi connectivity index (χ4n) is 3.73. The van der Waals surface area contributed by atoms with E-state index in [1.807, 2.05) is 37.4 Å². The zero-order valence-electron chi connectivity index (χ0n) is 18.8. The lowest BCUT2D eigenvalue weighted by molar-refractivity contribution is -0.125. The second-order valence-corrected chi connectivity index (χ2v) is 9.84. The molecule has 2 heterocycles. The summed E-state index contributed by atoms with van der Waals surface area (Å²) in [4.78, 5) is 28.8. The predicted molar refractivity (Wildman–Crippen MR) is 124 cm³/mol. The number of nitrogens with two attached hydrogens (primary N) is 1.